The lowest BCUT2D eigenvalue weighted by Gasteiger charge is -2.50. The third-order valence-corrected chi connectivity index (χ3v) is 8.64. The molecule has 0 amide bonds. The Morgan fingerprint density at radius 3 is 2.00 bits per heavy atom. The standard InChI is InChI=1S/C21H34N2O2S/c1-20(23-17-25)19(22-16-24)14-10-7-11-15-26-21(20,2)18-12-8-5-3-4-6-9-13-18/h18-19H,3-15H2,1-2H3. The minimum atomic E-state index is -0.708. The molecule has 4 nitrogen and oxygen atoms in total. The van der Waals surface area contributed by atoms with Crippen molar-refractivity contribution in [1.82, 2.24) is 0 Å². The maximum Gasteiger partial charge on any atom is 0.235 e. The van der Waals surface area contributed by atoms with Gasteiger partial charge in [-0.05, 0) is 51.2 Å². The van der Waals surface area contributed by atoms with Gasteiger partial charge in [-0.2, -0.15) is 21.7 Å². The largest absolute Gasteiger partial charge is 0.235 e. The van der Waals surface area contributed by atoms with Crippen LogP contribution in [0.25, 0.3) is 0 Å². The zero-order valence-corrected chi connectivity index (χ0v) is 17.3. The molecule has 5 heteroatoms. The SMILES string of the molecule is CC1(N=C=O)C(N=C=O)CCCCCSC1(C)C1CCCCCCCC1. The first kappa shape index (κ1) is 21.4. The first-order valence-electron chi connectivity index (χ1n) is 10.4. The number of thioether (sulfide) groups is 1. The van der Waals surface area contributed by atoms with Gasteiger partial charge in [-0.1, -0.05) is 51.4 Å². The minimum Gasteiger partial charge on any atom is -0.211 e. The molecule has 0 spiro atoms. The molecule has 0 bridgehead atoms. The Balaban J connectivity index is 2.46. The van der Waals surface area contributed by atoms with Gasteiger partial charge in [0.1, 0.15) is 5.54 Å². The third-order valence-electron chi connectivity index (χ3n) is 6.80. The quantitative estimate of drug-likeness (QED) is 0.474. The monoisotopic (exact) mass is 378 g/mol. The lowest BCUT2D eigenvalue weighted by atomic mass is 9.69. The van der Waals surface area contributed by atoms with E-state index >= 15 is 0 Å². The van der Waals surface area contributed by atoms with Crippen LogP contribution in [0, 0.1) is 5.92 Å². The molecule has 0 aromatic carbocycles. The summed E-state index contributed by atoms with van der Waals surface area (Å²) in [6.07, 6.45) is 17.8. The molecule has 1 saturated carbocycles. The summed E-state index contributed by atoms with van der Waals surface area (Å²) in [7, 11) is 0. The van der Waals surface area contributed by atoms with Crippen LogP contribution in [0.4, 0.5) is 0 Å². The Morgan fingerprint density at radius 2 is 1.38 bits per heavy atom. The van der Waals surface area contributed by atoms with Crippen LogP contribution in [-0.4, -0.2) is 34.2 Å². The molecule has 0 radical (unpaired) electrons. The zero-order chi connectivity index (χ0) is 18.9. The van der Waals surface area contributed by atoms with E-state index in [0.717, 1.165) is 25.0 Å². The lowest BCUT2D eigenvalue weighted by molar-refractivity contribution is 0.198. The van der Waals surface area contributed by atoms with Crippen molar-refractivity contribution in [2.24, 2.45) is 15.9 Å². The van der Waals surface area contributed by atoms with Gasteiger partial charge in [-0.15, -0.1) is 0 Å². The van der Waals surface area contributed by atoms with E-state index in [2.05, 4.69) is 16.9 Å². The first-order chi connectivity index (χ1) is 12.6. The molecule has 146 valence electrons. The van der Waals surface area contributed by atoms with Gasteiger partial charge >= 0.3 is 0 Å². The van der Waals surface area contributed by atoms with Crippen molar-refractivity contribution in [1.29, 1.82) is 0 Å². The van der Waals surface area contributed by atoms with Crippen LogP contribution in [0.15, 0.2) is 9.98 Å². The molecule has 1 heterocycles. The Labute approximate surface area is 162 Å². The molecule has 2 fully saturated rings. The fourth-order valence-electron chi connectivity index (χ4n) is 4.91. The minimum absolute atomic E-state index is 0.218. The second kappa shape index (κ2) is 10.4. The van der Waals surface area contributed by atoms with Crippen LogP contribution in [0.1, 0.15) is 90.9 Å². The van der Waals surface area contributed by atoms with Crippen molar-refractivity contribution >= 4 is 23.9 Å². The van der Waals surface area contributed by atoms with Gasteiger partial charge in [0.2, 0.25) is 12.2 Å². The van der Waals surface area contributed by atoms with Crippen LogP contribution in [-0.2, 0) is 9.59 Å². The zero-order valence-electron chi connectivity index (χ0n) is 16.5. The predicted octanol–water partition coefficient (Wildman–Crippen LogP) is 5.60. The average molecular weight is 379 g/mol. The maximum atomic E-state index is 11.4. The first-order valence-corrected chi connectivity index (χ1v) is 11.4. The highest BCUT2D eigenvalue weighted by Crippen LogP contribution is 2.52. The van der Waals surface area contributed by atoms with Crippen molar-refractivity contribution in [3.05, 3.63) is 0 Å². The Hall–Kier alpha value is -0.890. The van der Waals surface area contributed by atoms with E-state index in [1.807, 2.05) is 24.8 Å². The van der Waals surface area contributed by atoms with Crippen molar-refractivity contribution < 1.29 is 9.59 Å². The summed E-state index contributed by atoms with van der Waals surface area (Å²) in [4.78, 5) is 31.1. The molecular weight excluding hydrogens is 344 g/mol. The normalized spacial score (nSPS) is 35.2. The molecule has 0 aromatic heterocycles. The predicted molar refractivity (Wildman–Crippen MR) is 108 cm³/mol. The summed E-state index contributed by atoms with van der Waals surface area (Å²) in [6, 6.07) is -0.287. The van der Waals surface area contributed by atoms with Gasteiger partial charge in [0.05, 0.1) is 6.04 Å². The number of hydrogen-bond donors (Lipinski definition) is 0. The summed E-state index contributed by atoms with van der Waals surface area (Å²) >= 11 is 1.96. The van der Waals surface area contributed by atoms with E-state index < -0.39 is 5.54 Å². The van der Waals surface area contributed by atoms with E-state index in [0.29, 0.717) is 5.92 Å². The number of carbonyl (C=O) groups excluding carboxylic acids is 2. The molecular formula is C21H34N2O2S. The summed E-state index contributed by atoms with van der Waals surface area (Å²) < 4.78 is -0.218. The number of nitrogens with zero attached hydrogens (tertiary/aromatic N) is 2. The third kappa shape index (κ3) is 4.88. The topological polar surface area (TPSA) is 58.9 Å². The van der Waals surface area contributed by atoms with Gasteiger partial charge in [0.25, 0.3) is 0 Å². The fourth-order valence-corrected chi connectivity index (χ4v) is 6.63. The molecule has 3 unspecified atom stereocenters. The smallest absolute Gasteiger partial charge is 0.211 e. The molecule has 1 aliphatic heterocycles. The van der Waals surface area contributed by atoms with E-state index in [1.165, 1.54) is 57.8 Å². The highest BCUT2D eigenvalue weighted by molar-refractivity contribution is 8.00. The summed E-state index contributed by atoms with van der Waals surface area (Å²) in [5.41, 5.74) is -0.708. The molecule has 2 aliphatic rings. The molecule has 3 atom stereocenters. The Morgan fingerprint density at radius 1 is 0.808 bits per heavy atom. The van der Waals surface area contributed by atoms with Gasteiger partial charge in [0.15, 0.2) is 0 Å². The second-order valence-corrected chi connectivity index (χ2v) is 9.83. The Bertz CT molecular complexity index is 532. The van der Waals surface area contributed by atoms with E-state index in [4.69, 9.17) is 0 Å². The van der Waals surface area contributed by atoms with Crippen molar-refractivity contribution in [2.75, 3.05) is 5.75 Å². The van der Waals surface area contributed by atoms with Crippen molar-refractivity contribution in [2.45, 2.75) is 107 Å². The van der Waals surface area contributed by atoms with Crippen molar-refractivity contribution in [3.63, 3.8) is 0 Å². The van der Waals surface area contributed by atoms with Crippen LogP contribution in [0.5, 0.6) is 0 Å². The van der Waals surface area contributed by atoms with Gasteiger partial charge < -0.3 is 0 Å². The Kier molecular flexibility index (Phi) is 8.60. The summed E-state index contributed by atoms with van der Waals surface area (Å²) in [5, 5.41) is 0. The number of isocyanates is 2. The number of rotatable bonds is 3. The highest BCUT2D eigenvalue weighted by Gasteiger charge is 2.54. The second-order valence-electron chi connectivity index (χ2n) is 8.29. The van der Waals surface area contributed by atoms with Gasteiger partial charge in [-0.25, -0.2) is 9.59 Å². The van der Waals surface area contributed by atoms with Crippen LogP contribution < -0.4 is 0 Å². The van der Waals surface area contributed by atoms with E-state index in [1.54, 1.807) is 6.08 Å². The maximum absolute atomic E-state index is 11.4. The van der Waals surface area contributed by atoms with Crippen LogP contribution in [0.2, 0.25) is 0 Å². The molecule has 2 rings (SSSR count). The summed E-state index contributed by atoms with van der Waals surface area (Å²) in [5.74, 6) is 1.56. The molecule has 1 saturated heterocycles. The van der Waals surface area contributed by atoms with Crippen LogP contribution in [0.3, 0.4) is 0 Å². The summed E-state index contributed by atoms with van der Waals surface area (Å²) in [6.45, 7) is 4.31. The lowest BCUT2D eigenvalue weighted by Crippen LogP contribution is -2.57. The molecule has 26 heavy (non-hydrogen) atoms. The molecule has 0 aromatic rings. The van der Waals surface area contributed by atoms with Crippen LogP contribution >= 0.6 is 11.8 Å². The van der Waals surface area contributed by atoms with Crippen molar-refractivity contribution in [3.8, 4) is 0 Å². The molecule has 1 aliphatic carbocycles. The molecule has 0 N–H and O–H groups in total. The van der Waals surface area contributed by atoms with E-state index in [9.17, 15) is 9.59 Å². The number of aliphatic imine (C=N–C) groups is 2. The fraction of sp³-hybridized carbons (Fsp3) is 0.905. The number of hydrogen-bond acceptors (Lipinski definition) is 5. The van der Waals surface area contributed by atoms with Gasteiger partial charge in [0, 0.05) is 4.75 Å². The highest BCUT2D eigenvalue weighted by atomic mass is 32.2. The van der Waals surface area contributed by atoms with E-state index in [-0.39, 0.29) is 10.8 Å². The van der Waals surface area contributed by atoms with Gasteiger partial charge in [-0.3, -0.25) is 0 Å². The average Bonchev–Trinajstić information content (AvgIpc) is 2.79.